The molecule has 1 saturated heterocycles. The van der Waals surface area contributed by atoms with Gasteiger partial charge in [-0.15, -0.1) is 0 Å². The molecule has 0 atom stereocenters. The molecule has 39 heavy (non-hydrogen) atoms. The largest absolute Gasteiger partial charge is 0.508 e. The van der Waals surface area contributed by atoms with E-state index >= 15 is 0 Å². The van der Waals surface area contributed by atoms with Gasteiger partial charge < -0.3 is 20.1 Å². The molecule has 3 heterocycles. The van der Waals surface area contributed by atoms with Crippen LogP contribution in [0.4, 0.5) is 27.5 Å². The monoisotopic (exact) mass is 547 g/mol. The van der Waals surface area contributed by atoms with E-state index in [0.717, 1.165) is 34.3 Å². The first-order valence-electron chi connectivity index (χ1n) is 12.4. The van der Waals surface area contributed by atoms with Crippen molar-refractivity contribution in [1.82, 2.24) is 15.0 Å². The maximum Gasteiger partial charge on any atom is 0.245 e. The van der Waals surface area contributed by atoms with Gasteiger partial charge in [0.2, 0.25) is 5.95 Å². The molecule has 0 spiro atoms. The zero-order valence-electron chi connectivity index (χ0n) is 21.2. The number of aromatic nitrogens is 3. The van der Waals surface area contributed by atoms with E-state index in [2.05, 4.69) is 42.9 Å². The molecule has 0 unspecified atom stereocenters. The molecule has 200 valence electrons. The van der Waals surface area contributed by atoms with Gasteiger partial charge in [0.1, 0.15) is 5.75 Å². The minimum atomic E-state index is -0.485. The van der Waals surface area contributed by atoms with Crippen molar-refractivity contribution in [2.24, 2.45) is 5.10 Å². The van der Waals surface area contributed by atoms with Crippen molar-refractivity contribution in [1.29, 1.82) is 0 Å². The van der Waals surface area contributed by atoms with Gasteiger partial charge in [0, 0.05) is 23.8 Å². The third-order valence-electron chi connectivity index (χ3n) is 5.96. The van der Waals surface area contributed by atoms with Crippen molar-refractivity contribution in [3.8, 4) is 5.75 Å². The first-order valence-corrected chi connectivity index (χ1v) is 12.8. The number of aryl methyl sites for hydroxylation is 1. The van der Waals surface area contributed by atoms with Crippen molar-refractivity contribution in [2.45, 2.75) is 13.3 Å². The lowest BCUT2D eigenvalue weighted by Gasteiger charge is -2.27. The SMILES string of the molecule is Cc1cc(Cc2cc(O)cc(Cl)c2)cc(Nc2ccc(/C=N/Nc3ncc(F)c(N4CCOCC4)n3)nc2)c1. The molecule has 4 aromatic rings. The van der Waals surface area contributed by atoms with Gasteiger partial charge in [-0.3, -0.25) is 4.98 Å². The molecule has 0 saturated carbocycles. The number of nitrogens with zero attached hydrogens (tertiary/aromatic N) is 5. The number of pyridine rings is 1. The highest BCUT2D eigenvalue weighted by Crippen LogP contribution is 2.25. The van der Waals surface area contributed by atoms with Crippen LogP contribution < -0.4 is 15.6 Å². The molecule has 0 radical (unpaired) electrons. The minimum Gasteiger partial charge on any atom is -0.508 e. The van der Waals surface area contributed by atoms with Crippen LogP contribution in [0.5, 0.6) is 5.75 Å². The zero-order valence-corrected chi connectivity index (χ0v) is 22.0. The van der Waals surface area contributed by atoms with Gasteiger partial charge in [0.05, 0.1) is 43.2 Å². The topological polar surface area (TPSA) is 108 Å². The molecule has 3 N–H and O–H groups in total. The van der Waals surface area contributed by atoms with E-state index < -0.39 is 5.82 Å². The molecule has 2 aromatic carbocycles. The summed E-state index contributed by atoms with van der Waals surface area (Å²) in [6.45, 7) is 4.22. The highest BCUT2D eigenvalue weighted by molar-refractivity contribution is 6.30. The number of morpholine rings is 1. The zero-order chi connectivity index (χ0) is 27.2. The summed E-state index contributed by atoms with van der Waals surface area (Å²) in [4.78, 5) is 14.5. The Morgan fingerprint density at radius 2 is 1.87 bits per heavy atom. The Bertz CT molecular complexity index is 1460. The molecule has 0 aliphatic carbocycles. The summed E-state index contributed by atoms with van der Waals surface area (Å²) in [5, 5.41) is 17.9. The lowest BCUT2D eigenvalue weighted by molar-refractivity contribution is 0.122. The highest BCUT2D eigenvalue weighted by Gasteiger charge is 2.17. The van der Waals surface area contributed by atoms with Crippen LogP contribution in [-0.4, -0.2) is 52.6 Å². The van der Waals surface area contributed by atoms with Crippen LogP contribution >= 0.6 is 11.6 Å². The average Bonchev–Trinajstić information content (AvgIpc) is 2.90. The van der Waals surface area contributed by atoms with Gasteiger partial charge in [0.25, 0.3) is 0 Å². The number of phenolic OH excluding ortho intramolecular Hbond substituents is 1. The summed E-state index contributed by atoms with van der Waals surface area (Å²) in [5.74, 6) is 0.0808. The van der Waals surface area contributed by atoms with Crippen LogP contribution in [0.25, 0.3) is 0 Å². The second-order valence-electron chi connectivity index (χ2n) is 9.13. The fraction of sp³-hybridized carbons (Fsp3) is 0.214. The summed E-state index contributed by atoms with van der Waals surface area (Å²) in [5.41, 5.74) is 8.21. The molecule has 9 nitrogen and oxygen atoms in total. The number of nitrogens with one attached hydrogen (secondary N) is 2. The highest BCUT2D eigenvalue weighted by atomic mass is 35.5. The normalized spacial score (nSPS) is 13.6. The molecule has 1 fully saturated rings. The van der Waals surface area contributed by atoms with E-state index in [0.29, 0.717) is 43.4 Å². The van der Waals surface area contributed by atoms with Crippen LogP contribution in [0.2, 0.25) is 5.02 Å². The first kappa shape index (κ1) is 26.3. The molecule has 5 rings (SSSR count). The number of rotatable bonds is 8. The number of halogens is 2. The third kappa shape index (κ3) is 7.18. The number of hydrazone groups is 1. The second kappa shape index (κ2) is 12.1. The molecule has 0 bridgehead atoms. The van der Waals surface area contributed by atoms with Crippen LogP contribution in [0.15, 0.2) is 66.0 Å². The first-order chi connectivity index (χ1) is 18.9. The Morgan fingerprint density at radius 3 is 2.64 bits per heavy atom. The fourth-order valence-corrected chi connectivity index (χ4v) is 4.55. The lowest BCUT2D eigenvalue weighted by Crippen LogP contribution is -2.37. The van der Waals surface area contributed by atoms with Gasteiger partial charge in [-0.25, -0.2) is 14.8 Å². The summed E-state index contributed by atoms with van der Waals surface area (Å²) < 4.78 is 19.5. The maximum absolute atomic E-state index is 14.2. The Hall–Kier alpha value is -4.28. The Labute approximate surface area is 230 Å². The van der Waals surface area contributed by atoms with Crippen molar-refractivity contribution in [3.63, 3.8) is 0 Å². The van der Waals surface area contributed by atoms with E-state index in [4.69, 9.17) is 16.3 Å². The molecule has 1 aliphatic heterocycles. The predicted molar refractivity (Wildman–Crippen MR) is 151 cm³/mol. The molecular weight excluding hydrogens is 521 g/mol. The van der Waals surface area contributed by atoms with Gasteiger partial charge in [0.15, 0.2) is 11.6 Å². The van der Waals surface area contributed by atoms with E-state index in [1.165, 1.54) is 12.3 Å². The third-order valence-corrected chi connectivity index (χ3v) is 6.18. The fourth-order valence-electron chi connectivity index (χ4n) is 4.30. The lowest BCUT2D eigenvalue weighted by atomic mass is 10.0. The summed E-state index contributed by atoms with van der Waals surface area (Å²) in [6, 6.07) is 15.0. The van der Waals surface area contributed by atoms with Crippen molar-refractivity contribution >= 4 is 41.0 Å². The Balaban J connectivity index is 1.21. The van der Waals surface area contributed by atoms with Gasteiger partial charge >= 0.3 is 0 Å². The molecule has 1 aliphatic rings. The summed E-state index contributed by atoms with van der Waals surface area (Å²) >= 11 is 6.09. The average molecular weight is 548 g/mol. The van der Waals surface area contributed by atoms with E-state index in [1.54, 1.807) is 12.3 Å². The molecular formula is C28H27ClFN7O2. The van der Waals surface area contributed by atoms with Crippen LogP contribution in [0, 0.1) is 12.7 Å². The van der Waals surface area contributed by atoms with Crippen LogP contribution in [0.1, 0.15) is 22.4 Å². The number of hydrogen-bond acceptors (Lipinski definition) is 9. The van der Waals surface area contributed by atoms with E-state index in [-0.39, 0.29) is 17.5 Å². The van der Waals surface area contributed by atoms with Crippen molar-refractivity contribution in [3.05, 3.63) is 94.1 Å². The standard InChI is InChI=1S/C28H27ClFN7O2/c1-18-8-19(10-20-11-21(29)14-25(38)13-20)12-24(9-18)34-23-3-2-22(31-15-23)16-33-36-28-32-17-26(30)27(35-28)37-4-6-39-7-5-37/h2-3,8-9,11-17,34,38H,4-7,10H2,1H3,(H,32,35,36)/b33-16+. The Kier molecular flexibility index (Phi) is 8.14. The number of hydrogen-bond donors (Lipinski definition) is 3. The molecule has 0 amide bonds. The minimum absolute atomic E-state index is 0.149. The molecule has 2 aromatic heterocycles. The number of aromatic hydroxyl groups is 1. The quantitative estimate of drug-likeness (QED) is 0.202. The number of phenols is 1. The van der Waals surface area contributed by atoms with E-state index in [1.807, 2.05) is 36.1 Å². The van der Waals surface area contributed by atoms with Gasteiger partial charge in [-0.2, -0.15) is 10.1 Å². The number of benzene rings is 2. The summed E-state index contributed by atoms with van der Waals surface area (Å²) in [7, 11) is 0. The van der Waals surface area contributed by atoms with Gasteiger partial charge in [-0.1, -0.05) is 17.7 Å². The number of ether oxygens (including phenoxy) is 1. The van der Waals surface area contributed by atoms with Crippen LogP contribution in [-0.2, 0) is 11.2 Å². The van der Waals surface area contributed by atoms with E-state index in [9.17, 15) is 9.50 Å². The maximum atomic E-state index is 14.2. The smallest absolute Gasteiger partial charge is 0.245 e. The second-order valence-corrected chi connectivity index (χ2v) is 9.57. The molecule has 11 heteroatoms. The Morgan fingerprint density at radius 1 is 1.05 bits per heavy atom. The van der Waals surface area contributed by atoms with Crippen molar-refractivity contribution < 1.29 is 14.2 Å². The van der Waals surface area contributed by atoms with Crippen LogP contribution in [0.3, 0.4) is 0 Å². The van der Waals surface area contributed by atoms with Gasteiger partial charge in [-0.05, 0) is 72.5 Å². The predicted octanol–water partition coefficient (Wildman–Crippen LogP) is 5.30. The van der Waals surface area contributed by atoms with Crippen molar-refractivity contribution in [2.75, 3.05) is 41.9 Å². The number of anilines is 4. The summed E-state index contributed by atoms with van der Waals surface area (Å²) in [6.07, 6.45) is 5.01.